The van der Waals surface area contributed by atoms with Gasteiger partial charge in [0.25, 0.3) is 0 Å². The Morgan fingerprint density at radius 2 is 0.868 bits per heavy atom. The van der Waals surface area contributed by atoms with E-state index in [1.165, 1.54) is 0 Å². The molecule has 0 N–H and O–H groups in total. The van der Waals surface area contributed by atoms with Gasteiger partial charge in [-0.15, -0.1) is 0 Å². The minimum Gasteiger partial charge on any atom is -0.418 e. The van der Waals surface area contributed by atoms with Crippen LogP contribution in [-0.4, -0.2) is 6.16 Å². The van der Waals surface area contributed by atoms with Crippen molar-refractivity contribution in [2.75, 3.05) is 0 Å². The second-order valence-corrected chi connectivity index (χ2v) is 9.16. The molecule has 3 heteroatoms. The van der Waals surface area contributed by atoms with Crippen LogP contribution in [0.4, 0.5) is 4.79 Å². The molecule has 4 aromatic rings. The molecule has 4 rings (SSSR count). The van der Waals surface area contributed by atoms with E-state index >= 15 is 0 Å². The minimum absolute atomic E-state index is 0.541. The molecule has 0 heterocycles. The molecule has 2 unspecified atom stereocenters. The van der Waals surface area contributed by atoms with Crippen molar-refractivity contribution in [3.8, 4) is 0 Å². The second-order valence-electron chi connectivity index (χ2n) is 9.16. The number of hydrogen-bond acceptors (Lipinski definition) is 3. The maximum Gasteiger partial charge on any atom is 0.510 e. The van der Waals surface area contributed by atoms with Crippen molar-refractivity contribution < 1.29 is 14.3 Å². The number of carbonyl (C=O) groups excluding carboxylic acids is 1. The summed E-state index contributed by atoms with van der Waals surface area (Å²) in [6.45, 7) is 4.02. The Balaban J connectivity index is 1.69. The van der Waals surface area contributed by atoms with Crippen LogP contribution >= 0.6 is 0 Å². The standard InChI is InChI=1S/C35H34O3/c1-3-34(31-21-13-7-14-22-31,27-25-29-17-9-5-10-18-29)37-33(36)38-35(4-2,32-23-15-8-16-24-32)28-26-30-19-11-6-12-20-30/h5-28H,3-4H2,1-2H3/b27-25+,28-26+. The van der Waals surface area contributed by atoms with Crippen molar-refractivity contribution in [2.45, 2.75) is 37.9 Å². The predicted molar refractivity (Wildman–Crippen MR) is 155 cm³/mol. The zero-order chi connectivity index (χ0) is 26.7. The van der Waals surface area contributed by atoms with Crippen LogP contribution < -0.4 is 0 Å². The van der Waals surface area contributed by atoms with Crippen molar-refractivity contribution >= 4 is 18.3 Å². The van der Waals surface area contributed by atoms with Crippen LogP contribution in [0.1, 0.15) is 48.9 Å². The van der Waals surface area contributed by atoms with Crippen molar-refractivity contribution in [3.05, 3.63) is 156 Å². The summed E-state index contributed by atoms with van der Waals surface area (Å²) >= 11 is 0. The van der Waals surface area contributed by atoms with E-state index in [2.05, 4.69) is 0 Å². The molecule has 0 radical (unpaired) electrons. The molecule has 0 bridgehead atoms. The summed E-state index contributed by atoms with van der Waals surface area (Å²) in [5.41, 5.74) is 1.83. The lowest BCUT2D eigenvalue weighted by Gasteiger charge is -2.34. The highest BCUT2D eigenvalue weighted by atomic mass is 16.7. The van der Waals surface area contributed by atoms with Crippen LogP contribution in [0, 0.1) is 0 Å². The van der Waals surface area contributed by atoms with Gasteiger partial charge >= 0.3 is 6.16 Å². The molecule has 0 aliphatic carbocycles. The molecule has 0 aromatic heterocycles. The highest BCUT2D eigenvalue weighted by Crippen LogP contribution is 2.37. The molecule has 0 saturated heterocycles. The number of benzene rings is 4. The van der Waals surface area contributed by atoms with Gasteiger partial charge in [-0.2, -0.15) is 0 Å². The fourth-order valence-corrected chi connectivity index (χ4v) is 4.52. The largest absolute Gasteiger partial charge is 0.510 e. The fourth-order valence-electron chi connectivity index (χ4n) is 4.52. The number of hydrogen-bond donors (Lipinski definition) is 0. The van der Waals surface area contributed by atoms with E-state index in [1.54, 1.807) is 0 Å². The van der Waals surface area contributed by atoms with Crippen molar-refractivity contribution in [3.63, 3.8) is 0 Å². The molecule has 192 valence electrons. The Morgan fingerprint density at radius 3 is 1.18 bits per heavy atom. The first-order chi connectivity index (χ1) is 18.6. The van der Waals surface area contributed by atoms with Crippen LogP contribution in [0.2, 0.25) is 0 Å². The number of carbonyl (C=O) groups is 1. The summed E-state index contributed by atoms with van der Waals surface area (Å²) in [5.74, 6) is 0. The number of ether oxygens (including phenoxy) is 2. The van der Waals surface area contributed by atoms with Crippen molar-refractivity contribution in [1.82, 2.24) is 0 Å². The number of rotatable bonds is 10. The second kappa shape index (κ2) is 12.7. The SMILES string of the molecule is CCC(/C=C/c1ccccc1)(OC(=O)OC(/C=C/c1ccccc1)(CC)c1ccccc1)c1ccccc1. The van der Waals surface area contributed by atoms with E-state index in [0.717, 1.165) is 22.3 Å². The Hall–Kier alpha value is -4.37. The van der Waals surface area contributed by atoms with Crippen molar-refractivity contribution in [2.24, 2.45) is 0 Å². The lowest BCUT2D eigenvalue weighted by atomic mass is 9.89. The fraction of sp³-hybridized carbons (Fsp3) is 0.171. The molecule has 0 fully saturated rings. The summed E-state index contributed by atoms with van der Waals surface area (Å²) in [6.07, 6.45) is 8.24. The van der Waals surface area contributed by atoms with Crippen LogP contribution in [0.15, 0.2) is 133 Å². The first-order valence-electron chi connectivity index (χ1n) is 13.1. The van der Waals surface area contributed by atoms with E-state index in [9.17, 15) is 4.79 Å². The molecule has 0 saturated carbocycles. The van der Waals surface area contributed by atoms with Gasteiger partial charge in [-0.05, 0) is 47.2 Å². The van der Waals surface area contributed by atoms with Crippen LogP contribution in [0.3, 0.4) is 0 Å². The Labute approximate surface area is 226 Å². The topological polar surface area (TPSA) is 35.5 Å². The first-order valence-corrected chi connectivity index (χ1v) is 13.1. The van der Waals surface area contributed by atoms with Gasteiger partial charge in [0, 0.05) is 0 Å². The van der Waals surface area contributed by atoms with E-state index in [4.69, 9.17) is 9.47 Å². The Kier molecular flexibility index (Phi) is 8.94. The third-order valence-electron chi connectivity index (χ3n) is 6.80. The highest BCUT2D eigenvalue weighted by Gasteiger charge is 2.38. The Morgan fingerprint density at radius 1 is 0.553 bits per heavy atom. The smallest absolute Gasteiger partial charge is 0.418 e. The van der Waals surface area contributed by atoms with Gasteiger partial charge in [0.05, 0.1) is 0 Å². The molecule has 38 heavy (non-hydrogen) atoms. The van der Waals surface area contributed by atoms with Gasteiger partial charge in [-0.1, -0.05) is 147 Å². The summed E-state index contributed by atoms with van der Waals surface area (Å²) in [7, 11) is 0. The highest BCUT2D eigenvalue weighted by molar-refractivity contribution is 5.65. The zero-order valence-corrected chi connectivity index (χ0v) is 22.0. The molecule has 0 spiro atoms. The van der Waals surface area contributed by atoms with Gasteiger partial charge in [0.15, 0.2) is 11.2 Å². The lowest BCUT2D eigenvalue weighted by molar-refractivity contribution is -0.0575. The van der Waals surface area contributed by atoms with E-state index in [-0.39, 0.29) is 0 Å². The molecule has 2 atom stereocenters. The van der Waals surface area contributed by atoms with Gasteiger partial charge in [-0.25, -0.2) is 4.79 Å². The molecule has 0 aliphatic rings. The summed E-state index contributed by atoms with van der Waals surface area (Å²) in [5, 5.41) is 0. The van der Waals surface area contributed by atoms with Crippen LogP contribution in [0.5, 0.6) is 0 Å². The average Bonchev–Trinajstić information content (AvgIpc) is 2.99. The monoisotopic (exact) mass is 502 g/mol. The first kappa shape index (κ1) is 26.7. The Bertz CT molecular complexity index is 1230. The molecule has 4 aromatic carbocycles. The summed E-state index contributed by atoms with van der Waals surface area (Å²) in [6, 6.07) is 39.6. The van der Waals surface area contributed by atoms with Gasteiger partial charge in [0.2, 0.25) is 0 Å². The van der Waals surface area contributed by atoms with Gasteiger partial charge in [0.1, 0.15) is 0 Å². The normalized spacial score (nSPS) is 14.6. The third kappa shape index (κ3) is 6.49. The quantitative estimate of drug-likeness (QED) is 0.203. The maximum absolute atomic E-state index is 13.6. The third-order valence-corrected chi connectivity index (χ3v) is 6.80. The van der Waals surface area contributed by atoms with E-state index in [0.29, 0.717) is 12.8 Å². The van der Waals surface area contributed by atoms with E-state index < -0.39 is 17.4 Å². The summed E-state index contributed by atoms with van der Waals surface area (Å²) < 4.78 is 12.5. The van der Waals surface area contributed by atoms with Crippen LogP contribution in [0.25, 0.3) is 12.2 Å². The summed E-state index contributed by atoms with van der Waals surface area (Å²) in [4.78, 5) is 13.6. The molecular formula is C35H34O3. The molecule has 0 amide bonds. The minimum atomic E-state index is -0.993. The van der Waals surface area contributed by atoms with Crippen LogP contribution in [-0.2, 0) is 20.7 Å². The van der Waals surface area contributed by atoms with Gasteiger partial charge < -0.3 is 9.47 Å². The molecular weight excluding hydrogens is 468 g/mol. The lowest BCUT2D eigenvalue weighted by Crippen LogP contribution is -2.35. The maximum atomic E-state index is 13.6. The van der Waals surface area contributed by atoms with E-state index in [1.807, 2.05) is 159 Å². The average molecular weight is 503 g/mol. The molecule has 3 nitrogen and oxygen atoms in total. The van der Waals surface area contributed by atoms with Gasteiger partial charge in [-0.3, -0.25) is 0 Å². The molecule has 0 aliphatic heterocycles. The van der Waals surface area contributed by atoms with Crippen molar-refractivity contribution in [1.29, 1.82) is 0 Å². The zero-order valence-electron chi connectivity index (χ0n) is 22.0. The predicted octanol–water partition coefficient (Wildman–Crippen LogP) is 9.18.